The molecule has 0 bridgehead atoms. The van der Waals surface area contributed by atoms with Gasteiger partial charge in [0.2, 0.25) is 0 Å². The van der Waals surface area contributed by atoms with Gasteiger partial charge in [-0.25, -0.2) is 0 Å². The molecule has 10 heterocycles. The van der Waals surface area contributed by atoms with Gasteiger partial charge in [-0.2, -0.15) is 108 Å². The van der Waals surface area contributed by atoms with Crippen molar-refractivity contribution in [2.75, 3.05) is 67.4 Å². The summed E-state index contributed by atoms with van der Waals surface area (Å²) in [6.45, 7) is 8.21. The Labute approximate surface area is 500 Å². The predicted octanol–water partition coefficient (Wildman–Crippen LogP) is 9.39. The molecular weight excluding hydrogens is 1400 g/mol. The molecule has 0 radical (unpaired) electrons. The molecule has 8 aliphatic rings. The summed E-state index contributed by atoms with van der Waals surface area (Å²) in [4.78, 5) is 36.0. The van der Waals surface area contributed by atoms with Gasteiger partial charge in [-0.15, -0.1) is 56.8 Å². The number of hydrogen-bond acceptors (Lipinski definition) is 14. The Morgan fingerprint density at radius 3 is 1.00 bits per heavy atom. The third-order valence-electron chi connectivity index (χ3n) is 15.7. The maximum absolute atomic E-state index is 5.43. The molecule has 0 unspecified atom stereocenters. The van der Waals surface area contributed by atoms with E-state index in [0.29, 0.717) is 0 Å². The Kier molecular flexibility index (Phi) is 11.6. The van der Waals surface area contributed by atoms with E-state index in [1.165, 1.54) is 40.3 Å². The van der Waals surface area contributed by atoms with Crippen molar-refractivity contribution in [3.8, 4) is 0 Å². The fraction of sp³-hybridized carbons (Fsp3) is 0.0667. The van der Waals surface area contributed by atoms with Crippen LogP contribution in [0.25, 0.3) is 0 Å². The summed E-state index contributed by atoms with van der Waals surface area (Å²) >= 11 is 7.34. The minimum absolute atomic E-state index is 0. The van der Waals surface area contributed by atoms with E-state index in [4.69, 9.17) is 9.97 Å². The van der Waals surface area contributed by atoms with Crippen molar-refractivity contribution >= 4 is 161 Å². The number of nitrogens with zero attached hydrogens (tertiary/aromatic N) is 10. The van der Waals surface area contributed by atoms with Crippen LogP contribution in [-0.2, 0) is 42.1 Å². The predicted molar refractivity (Wildman–Crippen MR) is 314 cm³/mol. The SMILES string of the molecule is CN1[CH-]N(c2[c-]c3c(cc2)Sc2c4c5c(c6c2B3c2[c-]c(N3[CH-]N(C)c7ccccc73)cnc2S6)Sc2ncc(N3[CH-]N(C)c6ccccc63)[c-]c2B5c2[c-]c(N3[CH-]N(C)c5ccccc53)ccc2S4)c2ccccc21.[Pt+4].[Pt+4]. The van der Waals surface area contributed by atoms with Crippen LogP contribution in [0, 0.1) is 50.9 Å². The van der Waals surface area contributed by atoms with Crippen molar-refractivity contribution in [2.24, 2.45) is 0 Å². The maximum Gasteiger partial charge on any atom is 4.00 e. The van der Waals surface area contributed by atoms with Crippen molar-refractivity contribution in [2.45, 2.75) is 39.4 Å². The summed E-state index contributed by atoms with van der Waals surface area (Å²) in [6, 6.07) is 59.6. The van der Waals surface area contributed by atoms with Crippen molar-refractivity contribution in [1.29, 1.82) is 0 Å². The van der Waals surface area contributed by atoms with E-state index in [2.05, 4.69) is 240 Å². The molecule has 0 saturated carbocycles. The molecule has 0 saturated heterocycles. The minimum Gasteiger partial charge on any atom is -0.504 e. The Bertz CT molecular complexity index is 3550. The van der Waals surface area contributed by atoms with Crippen molar-refractivity contribution in [3.05, 3.63) is 185 Å². The summed E-state index contributed by atoms with van der Waals surface area (Å²) in [6.07, 6.45) is 4.00. The number of benzene rings is 7. The summed E-state index contributed by atoms with van der Waals surface area (Å²) < 4.78 is 0. The fourth-order valence-electron chi connectivity index (χ4n) is 12.2. The Hall–Kier alpha value is -5.85. The second-order valence-electron chi connectivity index (χ2n) is 20.0. The Balaban J connectivity index is 0.00000264. The van der Waals surface area contributed by atoms with Crippen molar-refractivity contribution in [3.63, 3.8) is 0 Å². The zero-order chi connectivity index (χ0) is 50.2. The fourth-order valence-corrected chi connectivity index (χ4v) is 17.4. The first-order valence-corrected chi connectivity index (χ1v) is 28.3. The van der Waals surface area contributed by atoms with Gasteiger partial charge in [-0.1, -0.05) is 72.3 Å². The molecule has 0 spiro atoms. The molecule has 18 heteroatoms. The molecule has 0 N–H and O–H groups in total. The van der Waals surface area contributed by atoms with Crippen LogP contribution in [0.1, 0.15) is 0 Å². The van der Waals surface area contributed by atoms with Crippen LogP contribution in [0.3, 0.4) is 0 Å². The topological polar surface area (TPSA) is 51.7 Å². The number of para-hydroxylation sites is 8. The standard InChI is InChI=1S/C60H38B2N10S4.2Pt/c1-65-31-69(47-17-9-5-13-43(47)65)35-21-23-51-39(25-35)61-41-27-37(71-33-67(3)45-15-7-11-19-49(45)71)29-63-59(41)75-57-53(61)55(73-51)56-54-58(57)76-60-42(28-38(30-64-60)72-34-68(4)46-16-8-12-20-50(46)72)62(54)40-26-36(22-24-52(40)74-56)70-32-66(2)44-14-6-10-18-48(44)70;;/h5-24,29-34H,1-4H3;;/q-8;2*+4. The van der Waals surface area contributed by atoms with Gasteiger partial charge < -0.3 is 49.2 Å². The molecule has 9 aromatic rings. The smallest absolute Gasteiger partial charge is 0.504 e. The van der Waals surface area contributed by atoms with Gasteiger partial charge in [0.25, 0.3) is 0 Å². The summed E-state index contributed by atoms with van der Waals surface area (Å²) in [5, 5.41) is 1.91. The largest absolute Gasteiger partial charge is 4.00 e. The van der Waals surface area contributed by atoms with Gasteiger partial charge in [0, 0.05) is 65.1 Å². The molecule has 8 aliphatic heterocycles. The minimum atomic E-state index is -0.207. The molecule has 10 nitrogen and oxygen atoms in total. The molecule has 0 aliphatic carbocycles. The zero-order valence-electron chi connectivity index (χ0n) is 41.9. The molecule has 0 amide bonds. The van der Waals surface area contributed by atoms with E-state index in [1.807, 2.05) is 35.9 Å². The molecular formula is C60H38B2N10Pt2S4. The third kappa shape index (κ3) is 7.05. The van der Waals surface area contributed by atoms with E-state index in [0.717, 1.165) is 100 Å². The van der Waals surface area contributed by atoms with Gasteiger partial charge in [0.05, 0.1) is 0 Å². The number of rotatable bonds is 4. The molecule has 2 aromatic heterocycles. The zero-order valence-corrected chi connectivity index (χ0v) is 49.7. The molecule has 378 valence electrons. The molecule has 78 heavy (non-hydrogen) atoms. The maximum atomic E-state index is 5.43. The van der Waals surface area contributed by atoms with Crippen molar-refractivity contribution < 1.29 is 42.1 Å². The summed E-state index contributed by atoms with van der Waals surface area (Å²) in [5.41, 5.74) is 19.9. The quantitative estimate of drug-likeness (QED) is 0.124. The van der Waals surface area contributed by atoms with Crippen LogP contribution in [0.4, 0.5) is 68.2 Å². The van der Waals surface area contributed by atoms with Gasteiger partial charge in [-0.05, 0) is 97.7 Å². The monoisotopic (exact) mass is 1440 g/mol. The first-order valence-electron chi connectivity index (χ1n) is 25.1. The number of anilines is 12. The van der Waals surface area contributed by atoms with Crippen LogP contribution in [0.5, 0.6) is 0 Å². The average Bonchev–Trinajstić information content (AvgIpc) is 4.01. The second kappa shape index (κ2) is 18.3. The number of pyridine rings is 2. The first-order chi connectivity index (χ1) is 37.3. The van der Waals surface area contributed by atoms with Crippen LogP contribution in [-0.4, -0.2) is 51.6 Å². The van der Waals surface area contributed by atoms with Crippen LogP contribution in [0.15, 0.2) is 173 Å². The Morgan fingerprint density at radius 1 is 0.359 bits per heavy atom. The van der Waals surface area contributed by atoms with Gasteiger partial charge in [0.15, 0.2) is 13.4 Å². The third-order valence-corrected chi connectivity index (χ3v) is 20.6. The van der Waals surface area contributed by atoms with E-state index in [9.17, 15) is 0 Å². The van der Waals surface area contributed by atoms with E-state index >= 15 is 0 Å². The van der Waals surface area contributed by atoms with Gasteiger partial charge in [-0.3, -0.25) is 0 Å². The molecule has 0 atom stereocenters. The number of fused-ring (bicyclic) bond motifs is 14. The molecule has 0 fully saturated rings. The molecule has 7 aromatic carbocycles. The van der Waals surface area contributed by atoms with Gasteiger partial charge in [0.1, 0.15) is 0 Å². The normalized spacial score (nSPS) is 16.1. The van der Waals surface area contributed by atoms with Crippen LogP contribution >= 0.6 is 47.0 Å². The summed E-state index contributed by atoms with van der Waals surface area (Å²) in [7, 11) is 8.43. The van der Waals surface area contributed by atoms with Crippen LogP contribution in [0.2, 0.25) is 0 Å². The molecule has 17 rings (SSSR count). The second-order valence-corrected chi connectivity index (χ2v) is 24.1. The van der Waals surface area contributed by atoms with E-state index in [1.54, 1.807) is 23.5 Å². The Morgan fingerprint density at radius 2 is 0.654 bits per heavy atom. The van der Waals surface area contributed by atoms with Crippen molar-refractivity contribution in [1.82, 2.24) is 9.97 Å². The number of hydrogen-bond donors (Lipinski definition) is 0. The van der Waals surface area contributed by atoms with E-state index in [-0.39, 0.29) is 55.6 Å². The summed E-state index contributed by atoms with van der Waals surface area (Å²) in [5.74, 6) is 0. The first kappa shape index (κ1) is 49.2. The average molecular weight is 1440 g/mol. The van der Waals surface area contributed by atoms with E-state index < -0.39 is 0 Å². The number of aromatic nitrogens is 2. The van der Waals surface area contributed by atoms with Crippen LogP contribution < -0.4 is 72.0 Å². The van der Waals surface area contributed by atoms with Gasteiger partial charge >= 0.3 is 42.1 Å².